The maximum Gasteiger partial charge on any atom is 0.211 e. The van der Waals surface area contributed by atoms with Gasteiger partial charge in [0.25, 0.3) is 0 Å². The molecule has 158 valence electrons. The summed E-state index contributed by atoms with van der Waals surface area (Å²) in [7, 11) is -4.08. The number of pyridine rings is 1. The average Bonchev–Trinajstić information content (AvgIpc) is 2.78. The number of sulfone groups is 1. The molecule has 0 fully saturated rings. The van der Waals surface area contributed by atoms with Crippen LogP contribution < -0.4 is 10.2 Å². The summed E-state index contributed by atoms with van der Waals surface area (Å²) in [6.07, 6.45) is 1.29. The van der Waals surface area contributed by atoms with Crippen molar-refractivity contribution >= 4 is 20.7 Å². The van der Waals surface area contributed by atoms with Gasteiger partial charge < -0.3 is 9.30 Å². The summed E-state index contributed by atoms with van der Waals surface area (Å²) in [5, 5.41) is 0.194. The van der Waals surface area contributed by atoms with Crippen molar-refractivity contribution in [2.45, 2.75) is 23.3 Å². The Morgan fingerprint density at radius 3 is 2.39 bits per heavy atom. The first-order chi connectivity index (χ1) is 14.9. The summed E-state index contributed by atoms with van der Waals surface area (Å²) in [6.45, 7) is 2.28. The molecule has 4 rings (SSSR count). The maximum atomic E-state index is 14.3. The zero-order chi connectivity index (χ0) is 22.0. The lowest BCUT2D eigenvalue weighted by Gasteiger charge is -2.15. The van der Waals surface area contributed by atoms with Crippen molar-refractivity contribution in [3.63, 3.8) is 0 Å². The third kappa shape index (κ3) is 3.96. The van der Waals surface area contributed by atoms with Crippen LogP contribution in [0.5, 0.6) is 5.75 Å². The molecule has 0 N–H and O–H groups in total. The number of aromatic nitrogens is 1. The molecule has 5 nitrogen and oxygen atoms in total. The van der Waals surface area contributed by atoms with Gasteiger partial charge in [0.2, 0.25) is 15.3 Å². The molecule has 0 bridgehead atoms. The first-order valence-corrected chi connectivity index (χ1v) is 11.2. The summed E-state index contributed by atoms with van der Waals surface area (Å²) >= 11 is 0. The number of hydrogen-bond acceptors (Lipinski definition) is 4. The van der Waals surface area contributed by atoms with Crippen LogP contribution in [0.4, 0.5) is 4.39 Å². The molecule has 1 heterocycles. The number of nitrogens with zero attached hydrogens (tertiary/aromatic N) is 1. The molecular weight excluding hydrogens is 417 g/mol. The monoisotopic (exact) mass is 437 g/mol. The molecule has 0 spiro atoms. The van der Waals surface area contributed by atoms with Crippen LogP contribution in [-0.2, 0) is 16.4 Å². The Bertz CT molecular complexity index is 1410. The number of halogens is 1. The van der Waals surface area contributed by atoms with E-state index in [1.807, 2.05) is 6.92 Å². The Balaban J connectivity index is 1.99. The fraction of sp³-hybridized carbons (Fsp3) is 0.125. The van der Waals surface area contributed by atoms with E-state index in [1.54, 1.807) is 53.1 Å². The number of fused-ring (bicyclic) bond motifs is 1. The second-order valence-electron chi connectivity index (χ2n) is 6.97. The average molecular weight is 437 g/mol. The van der Waals surface area contributed by atoms with Gasteiger partial charge >= 0.3 is 0 Å². The highest BCUT2D eigenvalue weighted by atomic mass is 32.2. The van der Waals surface area contributed by atoms with Crippen molar-refractivity contribution in [1.82, 2.24) is 4.57 Å². The smallest absolute Gasteiger partial charge is 0.211 e. The predicted molar refractivity (Wildman–Crippen MR) is 117 cm³/mol. The van der Waals surface area contributed by atoms with Crippen LogP contribution >= 0.6 is 0 Å². The van der Waals surface area contributed by atoms with E-state index in [1.165, 1.54) is 30.5 Å². The van der Waals surface area contributed by atoms with Crippen molar-refractivity contribution < 1.29 is 17.5 Å². The lowest BCUT2D eigenvalue weighted by Crippen LogP contribution is -2.20. The normalized spacial score (nSPS) is 11.5. The van der Waals surface area contributed by atoms with E-state index in [0.29, 0.717) is 23.4 Å². The molecule has 0 aliphatic heterocycles. The predicted octanol–water partition coefficient (Wildman–Crippen LogP) is 4.42. The molecule has 0 amide bonds. The van der Waals surface area contributed by atoms with Gasteiger partial charge in [0.05, 0.1) is 29.0 Å². The molecule has 3 aromatic carbocycles. The molecule has 31 heavy (non-hydrogen) atoms. The molecule has 4 aromatic rings. The number of benzene rings is 3. The molecule has 0 saturated heterocycles. The first-order valence-electron chi connectivity index (χ1n) is 9.75. The Morgan fingerprint density at radius 2 is 1.68 bits per heavy atom. The van der Waals surface area contributed by atoms with Crippen molar-refractivity contribution in [3.05, 3.63) is 101 Å². The van der Waals surface area contributed by atoms with E-state index in [-0.39, 0.29) is 21.7 Å². The third-order valence-electron chi connectivity index (χ3n) is 4.97. The maximum absolute atomic E-state index is 14.3. The zero-order valence-electron chi connectivity index (χ0n) is 16.8. The fourth-order valence-electron chi connectivity index (χ4n) is 3.47. The number of ether oxygens (including phenoxy) is 1. The Morgan fingerprint density at radius 1 is 0.968 bits per heavy atom. The lowest BCUT2D eigenvalue weighted by atomic mass is 10.1. The SMILES string of the molecule is CCOc1ccc2c(c1)c(=O)c(S(=O)(=O)c1ccccc1)cn2Cc1ccccc1F. The molecule has 0 aliphatic carbocycles. The highest BCUT2D eigenvalue weighted by Crippen LogP contribution is 2.25. The molecule has 7 heteroatoms. The van der Waals surface area contributed by atoms with Gasteiger partial charge in [0.15, 0.2) is 0 Å². The Labute approximate surface area is 179 Å². The van der Waals surface area contributed by atoms with Crippen LogP contribution in [0.15, 0.2) is 93.6 Å². The zero-order valence-corrected chi connectivity index (χ0v) is 17.6. The van der Waals surface area contributed by atoms with Crippen molar-refractivity contribution in [2.24, 2.45) is 0 Å². The Hall–Kier alpha value is -3.45. The van der Waals surface area contributed by atoms with Crippen LogP contribution in [0, 0.1) is 5.82 Å². The fourth-order valence-corrected chi connectivity index (χ4v) is 4.85. The summed E-state index contributed by atoms with van der Waals surface area (Å²) in [6, 6.07) is 18.9. The van der Waals surface area contributed by atoms with Crippen LogP contribution in [0.25, 0.3) is 10.9 Å². The second kappa shape index (κ2) is 8.35. The van der Waals surface area contributed by atoms with Crippen LogP contribution in [-0.4, -0.2) is 19.6 Å². The van der Waals surface area contributed by atoms with Gasteiger partial charge in [-0.2, -0.15) is 0 Å². The number of hydrogen-bond donors (Lipinski definition) is 0. The minimum absolute atomic E-state index is 0.0184. The molecule has 0 atom stereocenters. The van der Waals surface area contributed by atoms with Crippen molar-refractivity contribution in [3.8, 4) is 5.75 Å². The van der Waals surface area contributed by atoms with E-state index in [2.05, 4.69) is 0 Å². The Kier molecular flexibility index (Phi) is 5.61. The largest absolute Gasteiger partial charge is 0.494 e. The second-order valence-corrected chi connectivity index (χ2v) is 8.89. The van der Waals surface area contributed by atoms with Crippen LogP contribution in [0.2, 0.25) is 0 Å². The minimum Gasteiger partial charge on any atom is -0.494 e. The molecular formula is C24H20FNO4S. The van der Waals surface area contributed by atoms with Crippen molar-refractivity contribution in [2.75, 3.05) is 6.61 Å². The molecule has 0 aliphatic rings. The van der Waals surface area contributed by atoms with E-state index >= 15 is 0 Å². The van der Waals surface area contributed by atoms with Crippen molar-refractivity contribution in [1.29, 1.82) is 0 Å². The van der Waals surface area contributed by atoms with Gasteiger partial charge in [-0.1, -0.05) is 36.4 Å². The minimum atomic E-state index is -4.08. The summed E-state index contributed by atoms with van der Waals surface area (Å²) in [5.41, 5.74) is 0.248. The third-order valence-corrected chi connectivity index (χ3v) is 6.73. The first kappa shape index (κ1) is 20.8. The van der Waals surface area contributed by atoms with Gasteiger partial charge in [0, 0.05) is 11.8 Å². The standard InChI is InChI=1S/C24H20FNO4S/c1-2-30-18-12-13-22-20(14-18)24(27)23(31(28,29)19-9-4-3-5-10-19)16-26(22)15-17-8-6-7-11-21(17)25/h3-14,16H,2,15H2,1H3. The molecule has 0 saturated carbocycles. The van der Waals surface area contributed by atoms with Gasteiger partial charge in [-0.15, -0.1) is 0 Å². The van der Waals surface area contributed by atoms with Gasteiger partial charge in [-0.25, -0.2) is 12.8 Å². The van der Waals surface area contributed by atoms with Crippen LogP contribution in [0.3, 0.4) is 0 Å². The highest BCUT2D eigenvalue weighted by Gasteiger charge is 2.24. The molecule has 0 radical (unpaired) electrons. The van der Waals surface area contributed by atoms with E-state index in [4.69, 9.17) is 4.74 Å². The van der Waals surface area contributed by atoms with E-state index < -0.39 is 21.1 Å². The topological polar surface area (TPSA) is 65.4 Å². The summed E-state index contributed by atoms with van der Waals surface area (Å²) in [4.78, 5) is 12.9. The van der Waals surface area contributed by atoms with Gasteiger partial charge in [-0.3, -0.25) is 4.79 Å². The quantitative estimate of drug-likeness (QED) is 0.448. The summed E-state index contributed by atoms with van der Waals surface area (Å²) in [5.74, 6) is 0.0477. The molecule has 0 unspecified atom stereocenters. The summed E-state index contributed by atoms with van der Waals surface area (Å²) < 4.78 is 47.9. The van der Waals surface area contributed by atoms with Crippen LogP contribution in [0.1, 0.15) is 12.5 Å². The highest BCUT2D eigenvalue weighted by molar-refractivity contribution is 7.91. The number of rotatable bonds is 6. The lowest BCUT2D eigenvalue weighted by molar-refractivity contribution is 0.340. The van der Waals surface area contributed by atoms with Gasteiger partial charge in [-0.05, 0) is 43.3 Å². The van der Waals surface area contributed by atoms with E-state index in [0.717, 1.165) is 0 Å². The van der Waals surface area contributed by atoms with Gasteiger partial charge in [0.1, 0.15) is 16.5 Å². The molecule has 1 aromatic heterocycles. The van der Waals surface area contributed by atoms with E-state index in [9.17, 15) is 17.6 Å².